The molecule has 148 valence electrons. The van der Waals surface area contributed by atoms with Gasteiger partial charge >= 0.3 is 5.97 Å². The number of hydrogen-bond donors (Lipinski definition) is 0. The summed E-state index contributed by atoms with van der Waals surface area (Å²) < 4.78 is 10.2. The SMILES string of the molecule is COc1ccc(C(=O)[C@H](C)OC(=O)CCN2C(=O)[C@H]3CC=CC[C@H]3C2=O)cc1. The van der Waals surface area contributed by atoms with Crippen LogP contribution in [-0.2, 0) is 19.1 Å². The molecule has 7 nitrogen and oxygen atoms in total. The molecule has 0 unspecified atom stereocenters. The van der Waals surface area contributed by atoms with Crippen LogP contribution in [0.25, 0.3) is 0 Å². The molecule has 7 heteroatoms. The van der Waals surface area contributed by atoms with Crippen molar-refractivity contribution in [2.45, 2.75) is 32.3 Å². The Labute approximate surface area is 163 Å². The Morgan fingerprint density at radius 1 is 1.07 bits per heavy atom. The fourth-order valence-electron chi connectivity index (χ4n) is 3.59. The predicted molar refractivity (Wildman–Crippen MR) is 99.6 cm³/mol. The maximum absolute atomic E-state index is 12.4. The van der Waals surface area contributed by atoms with Crippen molar-refractivity contribution in [3.8, 4) is 5.75 Å². The van der Waals surface area contributed by atoms with Crippen LogP contribution in [0.1, 0.15) is 36.5 Å². The minimum atomic E-state index is -0.961. The minimum Gasteiger partial charge on any atom is -0.497 e. The Bertz CT molecular complexity index is 787. The molecular weight excluding hydrogens is 362 g/mol. The number of nitrogens with zero attached hydrogens (tertiary/aromatic N) is 1. The third-order valence-electron chi connectivity index (χ3n) is 5.19. The minimum absolute atomic E-state index is 0.0209. The third-order valence-corrected chi connectivity index (χ3v) is 5.19. The fourth-order valence-corrected chi connectivity index (χ4v) is 3.59. The molecule has 3 atom stereocenters. The van der Waals surface area contributed by atoms with Gasteiger partial charge in [-0.05, 0) is 44.0 Å². The van der Waals surface area contributed by atoms with E-state index in [-0.39, 0.29) is 42.4 Å². The molecule has 1 aromatic rings. The second-order valence-electron chi connectivity index (χ2n) is 6.96. The first-order chi connectivity index (χ1) is 13.4. The maximum atomic E-state index is 12.4. The van der Waals surface area contributed by atoms with E-state index in [1.54, 1.807) is 24.3 Å². The lowest BCUT2D eigenvalue weighted by molar-refractivity contribution is -0.147. The number of methoxy groups -OCH3 is 1. The summed E-state index contributed by atoms with van der Waals surface area (Å²) in [6.07, 6.45) is 3.85. The quantitative estimate of drug-likeness (QED) is 0.309. The van der Waals surface area contributed by atoms with Gasteiger partial charge in [0.05, 0.1) is 25.4 Å². The van der Waals surface area contributed by atoms with Crippen molar-refractivity contribution in [2.24, 2.45) is 11.8 Å². The maximum Gasteiger partial charge on any atom is 0.308 e. The summed E-state index contributed by atoms with van der Waals surface area (Å²) in [5.41, 5.74) is 0.405. The van der Waals surface area contributed by atoms with Crippen LogP contribution in [0.3, 0.4) is 0 Å². The van der Waals surface area contributed by atoms with Crippen molar-refractivity contribution >= 4 is 23.6 Å². The molecule has 2 aliphatic rings. The number of esters is 1. The van der Waals surface area contributed by atoms with Gasteiger partial charge in [0.1, 0.15) is 5.75 Å². The molecule has 1 heterocycles. The van der Waals surface area contributed by atoms with Crippen LogP contribution in [0, 0.1) is 11.8 Å². The van der Waals surface area contributed by atoms with Crippen LogP contribution < -0.4 is 4.74 Å². The van der Waals surface area contributed by atoms with Crippen LogP contribution in [0.5, 0.6) is 5.75 Å². The van der Waals surface area contributed by atoms with E-state index < -0.39 is 12.1 Å². The number of carbonyl (C=O) groups is 4. The summed E-state index contributed by atoms with van der Waals surface area (Å²) in [5.74, 6) is -1.42. The number of rotatable bonds is 7. The molecule has 28 heavy (non-hydrogen) atoms. The second kappa shape index (κ2) is 8.37. The Balaban J connectivity index is 1.51. The van der Waals surface area contributed by atoms with Crippen LogP contribution in [-0.4, -0.2) is 48.2 Å². The average Bonchev–Trinajstić information content (AvgIpc) is 2.96. The summed E-state index contributed by atoms with van der Waals surface area (Å²) in [4.78, 5) is 50.4. The van der Waals surface area contributed by atoms with Crippen molar-refractivity contribution < 1.29 is 28.7 Å². The Hall–Kier alpha value is -2.96. The summed E-state index contributed by atoms with van der Waals surface area (Å²) in [7, 11) is 1.53. The van der Waals surface area contributed by atoms with E-state index in [2.05, 4.69) is 0 Å². The molecule has 1 saturated heterocycles. The van der Waals surface area contributed by atoms with Gasteiger partial charge in [-0.2, -0.15) is 0 Å². The molecule has 1 fully saturated rings. The molecule has 1 aliphatic carbocycles. The molecule has 1 aliphatic heterocycles. The highest BCUT2D eigenvalue weighted by Crippen LogP contribution is 2.35. The van der Waals surface area contributed by atoms with Gasteiger partial charge < -0.3 is 9.47 Å². The van der Waals surface area contributed by atoms with Gasteiger partial charge in [0.25, 0.3) is 0 Å². The molecule has 1 aromatic carbocycles. The largest absolute Gasteiger partial charge is 0.497 e. The number of likely N-dealkylation sites (tertiary alicyclic amines) is 1. The number of fused-ring (bicyclic) bond motifs is 1. The smallest absolute Gasteiger partial charge is 0.308 e. The molecule has 0 aromatic heterocycles. The lowest BCUT2D eigenvalue weighted by Gasteiger charge is -2.16. The van der Waals surface area contributed by atoms with Gasteiger partial charge in [-0.25, -0.2) is 0 Å². The highest BCUT2D eigenvalue weighted by Gasteiger charge is 2.47. The van der Waals surface area contributed by atoms with Gasteiger partial charge in [0, 0.05) is 12.1 Å². The van der Waals surface area contributed by atoms with Crippen molar-refractivity contribution in [1.29, 1.82) is 0 Å². The van der Waals surface area contributed by atoms with Crippen molar-refractivity contribution in [2.75, 3.05) is 13.7 Å². The zero-order valence-electron chi connectivity index (χ0n) is 15.9. The molecule has 0 N–H and O–H groups in total. The van der Waals surface area contributed by atoms with E-state index in [4.69, 9.17) is 9.47 Å². The van der Waals surface area contributed by atoms with E-state index in [1.807, 2.05) is 12.2 Å². The number of carbonyl (C=O) groups excluding carboxylic acids is 4. The summed E-state index contributed by atoms with van der Waals surface area (Å²) >= 11 is 0. The first-order valence-corrected chi connectivity index (χ1v) is 9.30. The Kier molecular flexibility index (Phi) is 5.92. The number of Topliss-reactive ketones (excluding diaryl/α,β-unsaturated/α-hetero) is 1. The lowest BCUT2D eigenvalue weighted by atomic mass is 9.85. The van der Waals surface area contributed by atoms with Crippen LogP contribution in [0.4, 0.5) is 0 Å². The second-order valence-corrected chi connectivity index (χ2v) is 6.96. The van der Waals surface area contributed by atoms with Crippen molar-refractivity contribution in [3.05, 3.63) is 42.0 Å². The van der Waals surface area contributed by atoms with Crippen LogP contribution in [0.15, 0.2) is 36.4 Å². The number of ether oxygens (including phenoxy) is 2. The van der Waals surface area contributed by atoms with Crippen molar-refractivity contribution in [3.63, 3.8) is 0 Å². The highest BCUT2D eigenvalue weighted by molar-refractivity contribution is 6.05. The molecule has 0 spiro atoms. The molecule has 0 saturated carbocycles. The van der Waals surface area contributed by atoms with Gasteiger partial charge in [-0.15, -0.1) is 0 Å². The first kappa shape index (κ1) is 19.8. The van der Waals surface area contributed by atoms with Gasteiger partial charge in [0.15, 0.2) is 6.10 Å². The molecule has 0 bridgehead atoms. The number of hydrogen-bond acceptors (Lipinski definition) is 6. The highest BCUT2D eigenvalue weighted by atomic mass is 16.5. The first-order valence-electron chi connectivity index (χ1n) is 9.30. The Morgan fingerprint density at radius 2 is 1.64 bits per heavy atom. The van der Waals surface area contributed by atoms with E-state index in [9.17, 15) is 19.2 Å². The predicted octanol–water partition coefficient (Wildman–Crippen LogP) is 2.15. The summed E-state index contributed by atoms with van der Waals surface area (Å²) in [6, 6.07) is 6.51. The topological polar surface area (TPSA) is 90.0 Å². The summed E-state index contributed by atoms with van der Waals surface area (Å²) in [6.45, 7) is 1.48. The summed E-state index contributed by atoms with van der Waals surface area (Å²) in [5, 5.41) is 0. The molecular formula is C21H23NO6. The molecule has 0 radical (unpaired) electrons. The van der Waals surface area contributed by atoms with E-state index in [0.29, 0.717) is 24.2 Å². The van der Waals surface area contributed by atoms with Gasteiger partial charge in [-0.3, -0.25) is 24.1 Å². The normalized spacial score (nSPS) is 22.0. The van der Waals surface area contributed by atoms with Crippen LogP contribution in [0.2, 0.25) is 0 Å². The number of imide groups is 1. The van der Waals surface area contributed by atoms with Crippen molar-refractivity contribution in [1.82, 2.24) is 4.90 Å². The third kappa shape index (κ3) is 3.98. The van der Waals surface area contributed by atoms with Crippen LogP contribution >= 0.6 is 0 Å². The fraction of sp³-hybridized carbons (Fsp3) is 0.429. The molecule has 2 amide bonds. The monoisotopic (exact) mass is 385 g/mol. The number of ketones is 1. The number of amides is 2. The number of benzene rings is 1. The van der Waals surface area contributed by atoms with Gasteiger partial charge in [0.2, 0.25) is 17.6 Å². The standard InChI is InChI=1S/C21H23NO6/c1-13(19(24)14-7-9-15(27-2)10-8-14)28-18(23)11-12-22-20(25)16-5-3-4-6-17(16)21(22)26/h3-4,7-10,13,16-17H,5-6,11-12H2,1-2H3/t13-,16-,17+/m0/s1. The van der Waals surface area contributed by atoms with E-state index >= 15 is 0 Å². The van der Waals surface area contributed by atoms with E-state index in [1.165, 1.54) is 14.0 Å². The molecule has 3 rings (SSSR count). The zero-order chi connectivity index (χ0) is 20.3. The lowest BCUT2D eigenvalue weighted by Crippen LogP contribution is -2.34. The zero-order valence-corrected chi connectivity index (χ0v) is 15.9. The van der Waals surface area contributed by atoms with E-state index in [0.717, 1.165) is 4.90 Å². The average molecular weight is 385 g/mol. The van der Waals surface area contributed by atoms with Gasteiger partial charge in [-0.1, -0.05) is 12.2 Å². The number of allylic oxidation sites excluding steroid dienone is 2. The Morgan fingerprint density at radius 3 is 2.18 bits per heavy atom.